The van der Waals surface area contributed by atoms with E-state index in [0.29, 0.717) is 18.6 Å². The first kappa shape index (κ1) is 32.1. The van der Waals surface area contributed by atoms with Crippen LogP contribution in [0.15, 0.2) is 0 Å². The van der Waals surface area contributed by atoms with Gasteiger partial charge in [-0.15, -0.1) is 0 Å². The van der Waals surface area contributed by atoms with E-state index in [-0.39, 0.29) is 25.2 Å². The van der Waals surface area contributed by atoms with Crippen molar-refractivity contribution in [3.05, 3.63) is 0 Å². The minimum absolute atomic E-state index is 0.282. The van der Waals surface area contributed by atoms with Gasteiger partial charge in [0.2, 0.25) is 23.6 Å². The Morgan fingerprint density at radius 3 is 1.91 bits per heavy atom. The van der Waals surface area contributed by atoms with E-state index in [0.717, 1.165) is 0 Å². The zero-order chi connectivity index (χ0) is 27.1. The minimum atomic E-state index is -1.47. The summed E-state index contributed by atoms with van der Waals surface area (Å²) in [7, 11) is 0. The Morgan fingerprint density at radius 2 is 1.43 bits per heavy atom. The molecule has 5 atom stereocenters. The first-order chi connectivity index (χ1) is 16.3. The van der Waals surface area contributed by atoms with Crippen molar-refractivity contribution < 1.29 is 39.0 Å². The van der Waals surface area contributed by atoms with Crippen molar-refractivity contribution in [2.45, 2.75) is 76.5 Å². The quantitative estimate of drug-likeness (QED) is 0.114. The van der Waals surface area contributed by atoms with Gasteiger partial charge in [-0.25, -0.2) is 4.79 Å². The number of amides is 4. The van der Waals surface area contributed by atoms with Gasteiger partial charge in [0.05, 0.1) is 6.04 Å². The fourth-order valence-corrected chi connectivity index (χ4v) is 3.44. The summed E-state index contributed by atoms with van der Waals surface area (Å²) in [6.45, 7) is 3.52. The van der Waals surface area contributed by atoms with Gasteiger partial charge in [-0.3, -0.25) is 24.0 Å². The summed E-state index contributed by atoms with van der Waals surface area (Å²) in [6, 6.07) is -4.77. The monoisotopic (exact) mass is 519 g/mol. The number of primary amides is 1. The normalized spacial score (nSPS) is 15.1. The highest BCUT2D eigenvalue weighted by Crippen LogP contribution is 2.11. The molecule has 4 amide bonds. The van der Waals surface area contributed by atoms with Crippen LogP contribution in [-0.2, 0) is 28.8 Å². The number of carboxylic acids is 2. The second kappa shape index (κ2) is 16.7. The number of nitrogens with one attached hydrogen (secondary N) is 3. The third kappa shape index (κ3) is 13.0. The molecule has 0 saturated carbocycles. The third-order valence-corrected chi connectivity index (χ3v) is 5.98. The molecule has 0 aliphatic heterocycles. The summed E-state index contributed by atoms with van der Waals surface area (Å²) < 4.78 is 0. The molecule has 5 unspecified atom stereocenters. The average Bonchev–Trinajstić information content (AvgIpc) is 2.79. The largest absolute Gasteiger partial charge is 0.481 e. The van der Waals surface area contributed by atoms with Crippen LogP contribution in [-0.4, -0.2) is 82.0 Å². The van der Waals surface area contributed by atoms with Crippen LogP contribution >= 0.6 is 11.8 Å². The van der Waals surface area contributed by atoms with Crippen LogP contribution in [0, 0.1) is 5.92 Å². The SMILES string of the molecule is CCC(C)C(NC(=O)C(N)CCSC)C(=O)NC(CCC(=O)O)C(=O)NC(CCC(N)=O)C(=O)O. The van der Waals surface area contributed by atoms with E-state index in [1.165, 1.54) is 11.8 Å². The number of carbonyl (C=O) groups excluding carboxylic acids is 4. The predicted octanol–water partition coefficient (Wildman–Crippen LogP) is -1.22. The van der Waals surface area contributed by atoms with Crippen LogP contribution in [0.1, 0.15) is 52.4 Å². The smallest absolute Gasteiger partial charge is 0.326 e. The topological polar surface area (TPSA) is 231 Å². The molecule has 0 spiro atoms. The van der Waals surface area contributed by atoms with Gasteiger partial charge in [0.15, 0.2) is 0 Å². The molecule has 9 N–H and O–H groups in total. The van der Waals surface area contributed by atoms with E-state index in [1.54, 1.807) is 13.8 Å². The molecular weight excluding hydrogens is 482 g/mol. The van der Waals surface area contributed by atoms with E-state index in [4.69, 9.17) is 16.6 Å². The molecule has 0 saturated heterocycles. The number of aliphatic carboxylic acids is 2. The van der Waals surface area contributed by atoms with Crippen LogP contribution in [0.2, 0.25) is 0 Å². The molecule has 0 fully saturated rings. The molecule has 0 aliphatic carbocycles. The molecular formula is C21H37N5O8S. The first-order valence-electron chi connectivity index (χ1n) is 11.2. The lowest BCUT2D eigenvalue weighted by molar-refractivity contribution is -0.143. The summed E-state index contributed by atoms with van der Waals surface area (Å²) in [5.74, 6) is -5.34. The maximum absolute atomic E-state index is 13.0. The summed E-state index contributed by atoms with van der Waals surface area (Å²) in [4.78, 5) is 71.7. The van der Waals surface area contributed by atoms with Gasteiger partial charge in [0.25, 0.3) is 0 Å². The molecule has 0 radical (unpaired) electrons. The van der Waals surface area contributed by atoms with Gasteiger partial charge in [-0.2, -0.15) is 11.8 Å². The second-order valence-electron chi connectivity index (χ2n) is 8.16. The van der Waals surface area contributed by atoms with Crippen molar-refractivity contribution in [2.24, 2.45) is 17.4 Å². The van der Waals surface area contributed by atoms with Crippen LogP contribution in [0.25, 0.3) is 0 Å². The Morgan fingerprint density at radius 1 is 0.857 bits per heavy atom. The number of carbonyl (C=O) groups is 6. The van der Waals surface area contributed by atoms with E-state index in [9.17, 15) is 33.9 Å². The Bertz CT molecular complexity index is 766. The standard InChI is InChI=1S/C21H37N5O8S/c1-4-11(2)17(26-18(30)12(22)9-10-35-3)20(32)24-13(6-8-16(28)29)19(31)25-14(21(33)34)5-7-15(23)27/h11-14,17H,4-10,22H2,1-3H3,(H2,23,27)(H,24,32)(H,25,31)(H,26,30)(H,28,29)(H,33,34). The van der Waals surface area contributed by atoms with Gasteiger partial charge in [0.1, 0.15) is 18.1 Å². The minimum Gasteiger partial charge on any atom is -0.481 e. The maximum Gasteiger partial charge on any atom is 0.326 e. The predicted molar refractivity (Wildman–Crippen MR) is 129 cm³/mol. The average molecular weight is 520 g/mol. The van der Waals surface area contributed by atoms with E-state index < -0.39 is 66.2 Å². The van der Waals surface area contributed by atoms with Crippen molar-refractivity contribution in [1.82, 2.24) is 16.0 Å². The number of thioether (sulfide) groups is 1. The lowest BCUT2D eigenvalue weighted by Gasteiger charge is -2.28. The molecule has 200 valence electrons. The number of nitrogens with two attached hydrogens (primary N) is 2. The maximum atomic E-state index is 13.0. The summed E-state index contributed by atoms with van der Waals surface area (Å²) in [6.07, 6.45) is 1.36. The van der Waals surface area contributed by atoms with Crippen LogP contribution in [0.4, 0.5) is 0 Å². The van der Waals surface area contributed by atoms with Crippen molar-refractivity contribution >= 4 is 47.3 Å². The Hall–Kier alpha value is -2.87. The molecule has 0 aromatic carbocycles. The molecule has 0 aromatic rings. The Labute approximate surface area is 208 Å². The fraction of sp³-hybridized carbons (Fsp3) is 0.714. The summed E-state index contributed by atoms with van der Waals surface area (Å²) in [5.41, 5.74) is 10.9. The molecule has 0 rings (SSSR count). The van der Waals surface area contributed by atoms with Crippen molar-refractivity contribution in [3.63, 3.8) is 0 Å². The number of rotatable bonds is 18. The van der Waals surface area contributed by atoms with Gasteiger partial charge < -0.3 is 37.6 Å². The van der Waals surface area contributed by atoms with Crippen molar-refractivity contribution in [1.29, 1.82) is 0 Å². The van der Waals surface area contributed by atoms with Crippen LogP contribution in [0.3, 0.4) is 0 Å². The molecule has 35 heavy (non-hydrogen) atoms. The lowest BCUT2D eigenvalue weighted by Crippen LogP contribution is -2.58. The molecule has 0 aromatic heterocycles. The zero-order valence-corrected chi connectivity index (χ0v) is 21.1. The molecule has 0 bridgehead atoms. The molecule has 0 aliphatic rings. The van der Waals surface area contributed by atoms with Crippen LogP contribution in [0.5, 0.6) is 0 Å². The zero-order valence-electron chi connectivity index (χ0n) is 20.2. The van der Waals surface area contributed by atoms with E-state index in [2.05, 4.69) is 16.0 Å². The fourth-order valence-electron chi connectivity index (χ4n) is 2.95. The van der Waals surface area contributed by atoms with Gasteiger partial charge >= 0.3 is 11.9 Å². The van der Waals surface area contributed by atoms with Crippen LogP contribution < -0.4 is 27.4 Å². The lowest BCUT2D eigenvalue weighted by atomic mass is 9.97. The highest BCUT2D eigenvalue weighted by atomic mass is 32.2. The third-order valence-electron chi connectivity index (χ3n) is 5.34. The van der Waals surface area contributed by atoms with Gasteiger partial charge in [-0.05, 0) is 37.2 Å². The highest BCUT2D eigenvalue weighted by Gasteiger charge is 2.32. The molecule has 14 heteroatoms. The van der Waals surface area contributed by atoms with Gasteiger partial charge in [0, 0.05) is 12.8 Å². The Kier molecular flexibility index (Phi) is 15.3. The number of hydrogen-bond donors (Lipinski definition) is 7. The number of hydrogen-bond acceptors (Lipinski definition) is 8. The second-order valence-corrected chi connectivity index (χ2v) is 9.14. The first-order valence-corrected chi connectivity index (χ1v) is 12.6. The highest BCUT2D eigenvalue weighted by molar-refractivity contribution is 7.98. The summed E-state index contributed by atoms with van der Waals surface area (Å²) in [5, 5.41) is 25.6. The van der Waals surface area contributed by atoms with Crippen molar-refractivity contribution in [3.8, 4) is 0 Å². The van der Waals surface area contributed by atoms with Crippen molar-refractivity contribution in [2.75, 3.05) is 12.0 Å². The summed E-state index contributed by atoms with van der Waals surface area (Å²) >= 11 is 1.52. The molecule has 0 heterocycles. The van der Waals surface area contributed by atoms with E-state index in [1.807, 2.05) is 6.26 Å². The Balaban J connectivity index is 5.59. The molecule has 13 nitrogen and oxygen atoms in total. The van der Waals surface area contributed by atoms with E-state index >= 15 is 0 Å². The van der Waals surface area contributed by atoms with Gasteiger partial charge in [-0.1, -0.05) is 20.3 Å². The number of carboxylic acid groups (broad SMARTS) is 2.